The van der Waals surface area contributed by atoms with Crippen molar-refractivity contribution in [3.63, 3.8) is 0 Å². The summed E-state index contributed by atoms with van der Waals surface area (Å²) < 4.78 is 24.8. The molecular formula is C14H18O3S. The van der Waals surface area contributed by atoms with Gasteiger partial charge >= 0.3 is 0 Å². The van der Waals surface area contributed by atoms with Crippen LogP contribution in [0, 0.1) is 6.92 Å². The summed E-state index contributed by atoms with van der Waals surface area (Å²) in [6.07, 6.45) is 1.77. The standard InChI is InChI=1S/C14H18O3S/c1-4-5-14(12(3)10-15)18(16,17)13-8-6-11(2)7-9-13/h4,6-9,14-15H,1,3,5,10H2,2H3. The van der Waals surface area contributed by atoms with Gasteiger partial charge in [0.25, 0.3) is 0 Å². The minimum atomic E-state index is -3.52. The molecule has 1 aromatic rings. The molecule has 3 nitrogen and oxygen atoms in total. The minimum Gasteiger partial charge on any atom is -0.392 e. The molecule has 18 heavy (non-hydrogen) atoms. The molecule has 0 aliphatic rings. The van der Waals surface area contributed by atoms with Crippen LogP contribution in [0.25, 0.3) is 0 Å². The summed E-state index contributed by atoms with van der Waals surface area (Å²) >= 11 is 0. The monoisotopic (exact) mass is 266 g/mol. The van der Waals surface area contributed by atoms with Crippen LogP contribution in [-0.4, -0.2) is 25.4 Å². The number of aliphatic hydroxyl groups is 1. The Hall–Kier alpha value is -1.39. The highest BCUT2D eigenvalue weighted by molar-refractivity contribution is 7.92. The second-order valence-corrected chi connectivity index (χ2v) is 6.32. The van der Waals surface area contributed by atoms with E-state index in [4.69, 9.17) is 5.11 Å². The van der Waals surface area contributed by atoms with E-state index in [0.717, 1.165) is 5.56 Å². The SMILES string of the molecule is C=CCC(C(=C)CO)S(=O)(=O)c1ccc(C)cc1. The first kappa shape index (κ1) is 14.7. The van der Waals surface area contributed by atoms with Gasteiger partial charge in [-0.2, -0.15) is 0 Å². The lowest BCUT2D eigenvalue weighted by Crippen LogP contribution is -2.24. The van der Waals surface area contributed by atoms with Crippen molar-refractivity contribution in [3.05, 3.63) is 54.6 Å². The van der Waals surface area contributed by atoms with Crippen LogP contribution in [-0.2, 0) is 9.84 Å². The van der Waals surface area contributed by atoms with Crippen LogP contribution in [0.2, 0.25) is 0 Å². The Morgan fingerprint density at radius 2 is 1.94 bits per heavy atom. The average molecular weight is 266 g/mol. The predicted molar refractivity (Wildman–Crippen MR) is 73.2 cm³/mol. The second kappa shape index (κ2) is 5.98. The minimum absolute atomic E-state index is 0.245. The molecular weight excluding hydrogens is 248 g/mol. The first-order valence-electron chi connectivity index (χ1n) is 5.63. The summed E-state index contributed by atoms with van der Waals surface area (Å²) in [5.41, 5.74) is 1.28. The van der Waals surface area contributed by atoms with Gasteiger partial charge in [0.2, 0.25) is 0 Å². The Balaban J connectivity index is 3.20. The highest BCUT2D eigenvalue weighted by Crippen LogP contribution is 2.23. The van der Waals surface area contributed by atoms with Crippen molar-refractivity contribution in [3.8, 4) is 0 Å². The summed E-state index contributed by atoms with van der Waals surface area (Å²) in [5.74, 6) is 0. The maximum Gasteiger partial charge on any atom is 0.185 e. The number of benzene rings is 1. The Morgan fingerprint density at radius 3 is 2.39 bits per heavy atom. The molecule has 0 radical (unpaired) electrons. The van der Waals surface area contributed by atoms with E-state index in [1.54, 1.807) is 24.3 Å². The van der Waals surface area contributed by atoms with Crippen molar-refractivity contribution in [1.82, 2.24) is 0 Å². The summed E-state index contributed by atoms with van der Waals surface area (Å²) in [5, 5.41) is 8.27. The maximum absolute atomic E-state index is 12.4. The Morgan fingerprint density at radius 1 is 1.39 bits per heavy atom. The van der Waals surface area contributed by atoms with E-state index < -0.39 is 15.1 Å². The molecule has 1 aromatic carbocycles. The number of sulfone groups is 1. The third kappa shape index (κ3) is 3.09. The molecule has 0 spiro atoms. The number of rotatable bonds is 6. The highest BCUT2D eigenvalue weighted by atomic mass is 32.2. The molecule has 0 heterocycles. The van der Waals surface area contributed by atoms with Crippen molar-refractivity contribution in [2.75, 3.05) is 6.61 Å². The van der Waals surface area contributed by atoms with Gasteiger partial charge in [-0.25, -0.2) is 8.42 Å². The molecule has 0 saturated carbocycles. The largest absolute Gasteiger partial charge is 0.392 e. The maximum atomic E-state index is 12.4. The van der Waals surface area contributed by atoms with Crippen LogP contribution in [0.5, 0.6) is 0 Å². The summed E-state index contributed by atoms with van der Waals surface area (Å²) in [7, 11) is -3.52. The number of aliphatic hydroxyl groups excluding tert-OH is 1. The van der Waals surface area contributed by atoms with E-state index in [1.165, 1.54) is 6.08 Å². The average Bonchev–Trinajstić information content (AvgIpc) is 2.35. The smallest absolute Gasteiger partial charge is 0.185 e. The molecule has 0 amide bonds. The zero-order valence-electron chi connectivity index (χ0n) is 10.5. The zero-order chi connectivity index (χ0) is 13.8. The first-order chi connectivity index (χ1) is 8.43. The molecule has 98 valence electrons. The molecule has 1 atom stereocenters. The van der Waals surface area contributed by atoms with Crippen LogP contribution in [0.15, 0.2) is 54.0 Å². The van der Waals surface area contributed by atoms with Crippen molar-refractivity contribution in [1.29, 1.82) is 0 Å². The lowest BCUT2D eigenvalue weighted by molar-refractivity contribution is 0.327. The van der Waals surface area contributed by atoms with Crippen LogP contribution >= 0.6 is 0 Å². The van der Waals surface area contributed by atoms with Crippen LogP contribution in [0.1, 0.15) is 12.0 Å². The van der Waals surface area contributed by atoms with E-state index in [-0.39, 0.29) is 23.5 Å². The highest BCUT2D eigenvalue weighted by Gasteiger charge is 2.28. The Labute approximate surface area is 108 Å². The molecule has 1 N–H and O–H groups in total. The topological polar surface area (TPSA) is 54.4 Å². The summed E-state index contributed by atoms with van der Waals surface area (Å²) in [4.78, 5) is 0.245. The normalized spacial score (nSPS) is 13.0. The van der Waals surface area contributed by atoms with E-state index >= 15 is 0 Å². The van der Waals surface area contributed by atoms with Crippen molar-refractivity contribution >= 4 is 9.84 Å². The molecule has 0 fully saturated rings. The lowest BCUT2D eigenvalue weighted by Gasteiger charge is -2.17. The van der Waals surface area contributed by atoms with E-state index in [9.17, 15) is 8.42 Å². The van der Waals surface area contributed by atoms with Gasteiger partial charge in [0.05, 0.1) is 16.8 Å². The summed E-state index contributed by atoms with van der Waals surface area (Å²) in [6.45, 7) is 8.73. The van der Waals surface area contributed by atoms with Crippen molar-refractivity contribution in [2.45, 2.75) is 23.5 Å². The first-order valence-corrected chi connectivity index (χ1v) is 7.18. The summed E-state index contributed by atoms with van der Waals surface area (Å²) in [6, 6.07) is 6.65. The van der Waals surface area contributed by atoms with Gasteiger partial charge in [-0.15, -0.1) is 6.58 Å². The second-order valence-electron chi connectivity index (χ2n) is 4.19. The number of allylic oxidation sites excluding steroid dienone is 1. The van der Waals surface area contributed by atoms with Gasteiger partial charge in [-0.05, 0) is 31.1 Å². The quantitative estimate of drug-likeness (QED) is 0.804. The fourth-order valence-electron chi connectivity index (χ4n) is 1.66. The number of hydrogen-bond acceptors (Lipinski definition) is 3. The molecule has 0 aliphatic carbocycles. The third-order valence-electron chi connectivity index (χ3n) is 2.76. The number of aryl methyl sites for hydroxylation is 1. The Kier molecular flexibility index (Phi) is 4.87. The molecule has 4 heteroatoms. The molecule has 0 saturated heterocycles. The molecule has 1 unspecified atom stereocenters. The Bertz CT molecular complexity index is 527. The van der Waals surface area contributed by atoms with Gasteiger partial charge in [0.15, 0.2) is 9.84 Å². The van der Waals surface area contributed by atoms with Crippen molar-refractivity contribution in [2.24, 2.45) is 0 Å². The molecule has 1 rings (SSSR count). The van der Waals surface area contributed by atoms with Gasteiger partial charge < -0.3 is 5.11 Å². The van der Waals surface area contributed by atoms with Crippen molar-refractivity contribution < 1.29 is 13.5 Å². The van der Waals surface area contributed by atoms with Crippen LogP contribution < -0.4 is 0 Å². The third-order valence-corrected chi connectivity index (χ3v) is 4.97. The van der Waals surface area contributed by atoms with Gasteiger partial charge in [-0.1, -0.05) is 30.4 Å². The fraction of sp³-hybridized carbons (Fsp3) is 0.286. The van der Waals surface area contributed by atoms with Crippen LogP contribution in [0.4, 0.5) is 0 Å². The van der Waals surface area contributed by atoms with E-state index in [0.29, 0.717) is 0 Å². The van der Waals surface area contributed by atoms with Gasteiger partial charge in [0, 0.05) is 0 Å². The van der Waals surface area contributed by atoms with Crippen LogP contribution in [0.3, 0.4) is 0 Å². The molecule has 0 aliphatic heterocycles. The van der Waals surface area contributed by atoms with Gasteiger partial charge in [-0.3, -0.25) is 0 Å². The number of hydrogen-bond donors (Lipinski definition) is 1. The molecule has 0 bridgehead atoms. The van der Waals surface area contributed by atoms with E-state index in [1.807, 2.05) is 6.92 Å². The lowest BCUT2D eigenvalue weighted by atomic mass is 10.2. The predicted octanol–water partition coefficient (Wildman–Crippen LogP) is 2.26. The molecule has 0 aromatic heterocycles. The fourth-order valence-corrected chi connectivity index (χ4v) is 3.40. The van der Waals surface area contributed by atoms with Gasteiger partial charge in [0.1, 0.15) is 0 Å². The zero-order valence-corrected chi connectivity index (χ0v) is 11.3. The van der Waals surface area contributed by atoms with E-state index in [2.05, 4.69) is 13.2 Å².